The third-order valence-corrected chi connectivity index (χ3v) is 6.64. The summed E-state index contributed by atoms with van der Waals surface area (Å²) in [5.41, 5.74) is 1.62. The lowest BCUT2D eigenvalue weighted by Crippen LogP contribution is -2.38. The number of carbonyl (C=O) groups excluding carboxylic acids is 1. The average Bonchev–Trinajstić information content (AvgIpc) is 3.11. The average molecular weight is 396 g/mol. The number of pyridine rings is 1. The molecule has 1 unspecified atom stereocenters. The fraction of sp³-hybridized carbons (Fsp3) is 0.478. The second kappa shape index (κ2) is 7.76. The summed E-state index contributed by atoms with van der Waals surface area (Å²) in [5, 5.41) is 19.9. The molecule has 2 aromatic rings. The van der Waals surface area contributed by atoms with Gasteiger partial charge in [0.1, 0.15) is 5.56 Å². The highest BCUT2D eigenvalue weighted by Crippen LogP contribution is 2.37. The van der Waals surface area contributed by atoms with Crippen molar-refractivity contribution in [1.82, 2.24) is 9.47 Å². The van der Waals surface area contributed by atoms with Gasteiger partial charge in [-0.05, 0) is 55.7 Å². The molecule has 1 saturated carbocycles. The quantitative estimate of drug-likeness (QED) is 0.831. The number of hydrogen-bond acceptors (Lipinski definition) is 4. The molecule has 0 spiro atoms. The van der Waals surface area contributed by atoms with Gasteiger partial charge in [-0.3, -0.25) is 9.59 Å². The first-order valence-corrected chi connectivity index (χ1v) is 10.3. The summed E-state index contributed by atoms with van der Waals surface area (Å²) in [6.45, 7) is 4.79. The van der Waals surface area contributed by atoms with Crippen molar-refractivity contribution in [3.63, 3.8) is 0 Å². The largest absolute Gasteiger partial charge is 0.390 e. The minimum Gasteiger partial charge on any atom is -0.390 e. The maximum Gasteiger partial charge on any atom is 0.264 e. The van der Waals surface area contributed by atoms with Crippen LogP contribution in [-0.2, 0) is 0 Å². The predicted octanol–water partition coefficient (Wildman–Crippen LogP) is 1.97. The molecule has 0 radical (unpaired) electrons. The summed E-state index contributed by atoms with van der Waals surface area (Å²) in [7, 11) is 0. The normalized spacial score (nSPS) is 27.5. The monoisotopic (exact) mass is 396 g/mol. The summed E-state index contributed by atoms with van der Waals surface area (Å²) in [6, 6.07) is 11.4. The van der Waals surface area contributed by atoms with Crippen LogP contribution in [0.5, 0.6) is 0 Å². The van der Waals surface area contributed by atoms with Gasteiger partial charge < -0.3 is 19.7 Å². The van der Waals surface area contributed by atoms with Gasteiger partial charge in [-0.1, -0.05) is 30.3 Å². The van der Waals surface area contributed by atoms with E-state index in [0.717, 1.165) is 5.56 Å². The fourth-order valence-electron chi connectivity index (χ4n) is 4.83. The molecule has 6 nitrogen and oxygen atoms in total. The molecule has 154 valence electrons. The second-order valence-corrected chi connectivity index (χ2v) is 8.51. The zero-order chi connectivity index (χ0) is 20.7. The minimum absolute atomic E-state index is 0.173. The number of rotatable bonds is 3. The minimum atomic E-state index is -0.728. The van der Waals surface area contributed by atoms with Crippen LogP contribution in [0.4, 0.5) is 0 Å². The molecule has 1 aliphatic carbocycles. The molecule has 2 aliphatic rings. The van der Waals surface area contributed by atoms with Gasteiger partial charge in [0.15, 0.2) is 0 Å². The molecule has 1 saturated heterocycles. The van der Waals surface area contributed by atoms with Crippen LogP contribution in [0.3, 0.4) is 0 Å². The topological polar surface area (TPSA) is 82.8 Å². The molecule has 1 aromatic carbocycles. The number of likely N-dealkylation sites (tertiary alicyclic amines) is 1. The SMILES string of the molecule is Cc1ccn(C(C)c2ccccc2)c(=O)c1C(=O)N1C[C@H]2C[C@H](O)[C@H](O)C[C@H]2C1. The maximum absolute atomic E-state index is 13.3. The van der Waals surface area contributed by atoms with Gasteiger partial charge >= 0.3 is 0 Å². The van der Waals surface area contributed by atoms with Crippen molar-refractivity contribution in [2.45, 2.75) is 44.9 Å². The van der Waals surface area contributed by atoms with Crippen LogP contribution in [0.25, 0.3) is 0 Å². The summed E-state index contributed by atoms with van der Waals surface area (Å²) in [4.78, 5) is 28.3. The van der Waals surface area contributed by atoms with Gasteiger partial charge in [-0.15, -0.1) is 0 Å². The van der Waals surface area contributed by atoms with Crippen LogP contribution in [0, 0.1) is 18.8 Å². The highest BCUT2D eigenvalue weighted by Gasteiger charge is 2.43. The van der Waals surface area contributed by atoms with Gasteiger partial charge in [0.2, 0.25) is 0 Å². The second-order valence-electron chi connectivity index (χ2n) is 8.51. The van der Waals surface area contributed by atoms with E-state index < -0.39 is 12.2 Å². The number of hydrogen-bond donors (Lipinski definition) is 2. The van der Waals surface area contributed by atoms with Crippen LogP contribution in [0.2, 0.25) is 0 Å². The molecular formula is C23H28N2O4. The Hall–Kier alpha value is -2.44. The molecule has 1 aliphatic heterocycles. The zero-order valence-electron chi connectivity index (χ0n) is 16.9. The summed E-state index contributed by atoms with van der Waals surface area (Å²) in [6.07, 6.45) is 1.29. The van der Waals surface area contributed by atoms with Crippen molar-refractivity contribution in [2.75, 3.05) is 13.1 Å². The Morgan fingerprint density at radius 3 is 2.21 bits per heavy atom. The lowest BCUT2D eigenvalue weighted by molar-refractivity contribution is -0.0372. The van der Waals surface area contributed by atoms with Crippen molar-refractivity contribution < 1.29 is 15.0 Å². The number of fused-ring (bicyclic) bond motifs is 1. The summed E-state index contributed by atoms with van der Waals surface area (Å²) < 4.78 is 1.62. The van der Waals surface area contributed by atoms with Crippen molar-refractivity contribution in [2.24, 2.45) is 11.8 Å². The predicted molar refractivity (Wildman–Crippen MR) is 110 cm³/mol. The maximum atomic E-state index is 13.3. The number of aliphatic hydroxyl groups excluding tert-OH is 2. The van der Waals surface area contributed by atoms with Crippen molar-refractivity contribution in [1.29, 1.82) is 0 Å². The van der Waals surface area contributed by atoms with E-state index in [4.69, 9.17) is 0 Å². The number of aliphatic hydroxyl groups is 2. The zero-order valence-corrected chi connectivity index (χ0v) is 16.9. The van der Waals surface area contributed by atoms with Crippen molar-refractivity contribution in [3.8, 4) is 0 Å². The molecule has 2 heterocycles. The van der Waals surface area contributed by atoms with Gasteiger partial charge in [-0.25, -0.2) is 0 Å². The number of carbonyl (C=O) groups is 1. The first kappa shape index (κ1) is 19.9. The van der Waals surface area contributed by atoms with E-state index in [-0.39, 0.29) is 34.9 Å². The first-order valence-electron chi connectivity index (χ1n) is 10.3. The molecule has 2 N–H and O–H groups in total. The molecule has 0 bridgehead atoms. The third kappa shape index (κ3) is 3.63. The molecular weight excluding hydrogens is 368 g/mol. The van der Waals surface area contributed by atoms with E-state index in [1.807, 2.05) is 43.3 Å². The Balaban J connectivity index is 1.62. The van der Waals surface area contributed by atoms with E-state index in [9.17, 15) is 19.8 Å². The number of aryl methyl sites for hydroxylation is 1. The molecule has 5 atom stereocenters. The van der Waals surface area contributed by atoms with Crippen molar-refractivity contribution in [3.05, 3.63) is 69.6 Å². The standard InChI is InChI=1S/C23H28N2O4/c1-14-8-9-25(15(2)16-6-4-3-5-7-16)23(29)21(14)22(28)24-12-17-10-19(26)20(27)11-18(17)13-24/h3-9,15,17-20,26-27H,10-13H2,1-2H3/t15?,17-,18+,19+,20-. The Morgan fingerprint density at radius 2 is 1.62 bits per heavy atom. The number of aromatic nitrogens is 1. The molecule has 2 fully saturated rings. The lowest BCUT2D eigenvalue weighted by Gasteiger charge is -2.31. The van der Waals surface area contributed by atoms with Gasteiger partial charge in [0.25, 0.3) is 11.5 Å². The molecule has 1 amide bonds. The summed E-state index contributed by atoms with van der Waals surface area (Å²) >= 11 is 0. The number of nitrogens with zero attached hydrogens (tertiary/aromatic N) is 2. The Kier molecular flexibility index (Phi) is 5.32. The van der Waals surface area contributed by atoms with Crippen LogP contribution in [0.15, 0.2) is 47.4 Å². The highest BCUT2D eigenvalue weighted by molar-refractivity contribution is 5.95. The van der Waals surface area contributed by atoms with Crippen LogP contribution >= 0.6 is 0 Å². The lowest BCUT2D eigenvalue weighted by atomic mass is 9.79. The Morgan fingerprint density at radius 1 is 1.03 bits per heavy atom. The van der Waals surface area contributed by atoms with Crippen molar-refractivity contribution >= 4 is 5.91 Å². The van der Waals surface area contributed by atoms with E-state index in [1.165, 1.54) is 0 Å². The van der Waals surface area contributed by atoms with Gasteiger partial charge in [-0.2, -0.15) is 0 Å². The van der Waals surface area contributed by atoms with E-state index in [2.05, 4.69) is 0 Å². The Labute approximate surface area is 170 Å². The molecule has 1 aromatic heterocycles. The highest BCUT2D eigenvalue weighted by atomic mass is 16.3. The first-order chi connectivity index (χ1) is 13.9. The molecule has 6 heteroatoms. The van der Waals surface area contributed by atoms with Crippen LogP contribution in [0.1, 0.15) is 47.3 Å². The van der Waals surface area contributed by atoms with Gasteiger partial charge in [0.05, 0.1) is 18.2 Å². The third-order valence-electron chi connectivity index (χ3n) is 6.64. The molecule has 29 heavy (non-hydrogen) atoms. The smallest absolute Gasteiger partial charge is 0.264 e. The van der Waals surface area contributed by atoms with Crippen LogP contribution < -0.4 is 5.56 Å². The number of amides is 1. The van der Waals surface area contributed by atoms with E-state index in [1.54, 1.807) is 22.6 Å². The van der Waals surface area contributed by atoms with E-state index >= 15 is 0 Å². The fourth-order valence-corrected chi connectivity index (χ4v) is 4.83. The van der Waals surface area contributed by atoms with E-state index in [0.29, 0.717) is 31.5 Å². The molecule has 4 rings (SSSR count). The number of benzene rings is 1. The van der Waals surface area contributed by atoms with Crippen LogP contribution in [-0.4, -0.2) is 50.9 Å². The van der Waals surface area contributed by atoms with Gasteiger partial charge in [0, 0.05) is 19.3 Å². The Bertz CT molecular complexity index is 937. The summed E-state index contributed by atoms with van der Waals surface area (Å²) in [5.74, 6) is 0.0964.